The van der Waals surface area contributed by atoms with Crippen LogP contribution in [-0.2, 0) is 0 Å². The average molecular weight is 321 g/mol. The maximum atomic E-state index is 9.70. The number of phenols is 1. The van der Waals surface area contributed by atoms with E-state index in [1.54, 1.807) is 18.3 Å². The normalized spacial score (nSPS) is 21.5. The zero-order chi connectivity index (χ0) is 15.9. The van der Waals surface area contributed by atoms with E-state index in [1.165, 1.54) is 26.4 Å². The lowest BCUT2D eigenvalue weighted by atomic mass is 9.86. The van der Waals surface area contributed by atoms with Gasteiger partial charge in [0.2, 0.25) is 0 Å². The Balaban J connectivity index is 1.83. The van der Waals surface area contributed by atoms with Gasteiger partial charge in [-0.15, -0.1) is 0 Å². The third-order valence-corrected chi connectivity index (χ3v) is 4.22. The summed E-state index contributed by atoms with van der Waals surface area (Å²) in [5.74, 6) is 1.16. The van der Waals surface area contributed by atoms with Gasteiger partial charge in [0.1, 0.15) is 0 Å². The molecule has 3 N–H and O–H groups in total. The van der Waals surface area contributed by atoms with Gasteiger partial charge in [-0.3, -0.25) is 5.43 Å². The summed E-state index contributed by atoms with van der Waals surface area (Å²) in [5.41, 5.74) is 3.59. The molecule has 0 bridgehead atoms. The van der Waals surface area contributed by atoms with Crippen molar-refractivity contribution in [1.82, 2.24) is 10.7 Å². The highest BCUT2D eigenvalue weighted by atomic mass is 32.1. The largest absolute Gasteiger partial charge is 0.504 e. The summed E-state index contributed by atoms with van der Waals surface area (Å²) < 4.78 is 5.00. The van der Waals surface area contributed by atoms with Gasteiger partial charge in [0.05, 0.1) is 13.3 Å². The molecule has 0 spiro atoms. The number of hydrazone groups is 1. The number of aromatic hydroxyl groups is 1. The van der Waals surface area contributed by atoms with E-state index < -0.39 is 0 Å². The fourth-order valence-electron chi connectivity index (χ4n) is 2.68. The van der Waals surface area contributed by atoms with Crippen LogP contribution in [0.2, 0.25) is 0 Å². The third kappa shape index (κ3) is 4.59. The molecule has 1 aliphatic rings. The Morgan fingerprint density at radius 1 is 1.41 bits per heavy atom. The minimum Gasteiger partial charge on any atom is -0.504 e. The van der Waals surface area contributed by atoms with E-state index >= 15 is 0 Å². The third-order valence-electron chi connectivity index (χ3n) is 4.01. The van der Waals surface area contributed by atoms with Crippen LogP contribution in [0.15, 0.2) is 23.3 Å². The van der Waals surface area contributed by atoms with E-state index in [4.69, 9.17) is 17.0 Å². The number of nitrogens with one attached hydrogen (secondary N) is 2. The van der Waals surface area contributed by atoms with Crippen molar-refractivity contribution in [3.8, 4) is 11.5 Å². The highest BCUT2D eigenvalue weighted by Crippen LogP contribution is 2.25. The SMILES string of the molecule is COc1ccc(/C=N\NC(=S)N[C@@H]2CCCC[C@@H]2C)cc1O. The Labute approximate surface area is 136 Å². The second-order valence-electron chi connectivity index (χ2n) is 5.64. The first-order valence-corrected chi connectivity index (χ1v) is 7.97. The van der Waals surface area contributed by atoms with Crippen LogP contribution in [0.5, 0.6) is 11.5 Å². The Hall–Kier alpha value is -1.82. The van der Waals surface area contributed by atoms with E-state index in [2.05, 4.69) is 22.8 Å². The number of phenolic OH excluding ortho intramolecular Hbond substituents is 1. The highest BCUT2D eigenvalue weighted by molar-refractivity contribution is 7.80. The topological polar surface area (TPSA) is 65.9 Å². The van der Waals surface area contributed by atoms with Gasteiger partial charge in [-0.1, -0.05) is 19.8 Å². The molecule has 1 aromatic carbocycles. The zero-order valence-corrected chi connectivity index (χ0v) is 13.8. The number of ether oxygens (including phenoxy) is 1. The number of hydrogen-bond acceptors (Lipinski definition) is 4. The summed E-state index contributed by atoms with van der Waals surface area (Å²) in [6.45, 7) is 2.25. The molecule has 5 nitrogen and oxygen atoms in total. The van der Waals surface area contributed by atoms with Crippen molar-refractivity contribution in [3.05, 3.63) is 23.8 Å². The molecular weight excluding hydrogens is 298 g/mol. The van der Waals surface area contributed by atoms with Gasteiger partial charge in [0.15, 0.2) is 16.6 Å². The number of methoxy groups -OCH3 is 1. The van der Waals surface area contributed by atoms with Gasteiger partial charge in [0, 0.05) is 6.04 Å². The first kappa shape index (κ1) is 16.5. The number of rotatable bonds is 4. The smallest absolute Gasteiger partial charge is 0.187 e. The second-order valence-corrected chi connectivity index (χ2v) is 6.05. The maximum absolute atomic E-state index is 9.70. The zero-order valence-electron chi connectivity index (χ0n) is 13.0. The first-order valence-electron chi connectivity index (χ1n) is 7.56. The van der Waals surface area contributed by atoms with Crippen LogP contribution in [0, 0.1) is 5.92 Å². The average Bonchev–Trinajstić information content (AvgIpc) is 2.50. The highest BCUT2D eigenvalue weighted by Gasteiger charge is 2.21. The summed E-state index contributed by atoms with van der Waals surface area (Å²) in [6, 6.07) is 5.51. The molecule has 6 heteroatoms. The van der Waals surface area contributed by atoms with Gasteiger partial charge >= 0.3 is 0 Å². The molecule has 120 valence electrons. The van der Waals surface area contributed by atoms with Crippen LogP contribution in [0.1, 0.15) is 38.2 Å². The van der Waals surface area contributed by atoms with Crippen LogP contribution >= 0.6 is 12.2 Å². The molecule has 0 radical (unpaired) electrons. The van der Waals surface area contributed by atoms with Crippen molar-refractivity contribution in [2.45, 2.75) is 38.6 Å². The van der Waals surface area contributed by atoms with Gasteiger partial charge in [-0.25, -0.2) is 0 Å². The molecule has 1 fully saturated rings. The Kier molecular flexibility index (Phi) is 6.00. The number of nitrogens with zero attached hydrogens (tertiary/aromatic N) is 1. The van der Waals surface area contributed by atoms with E-state index in [0.29, 0.717) is 22.8 Å². The quantitative estimate of drug-likeness (QED) is 0.452. The predicted octanol–water partition coefficient (Wildman–Crippen LogP) is 2.78. The molecule has 0 unspecified atom stereocenters. The summed E-state index contributed by atoms with van der Waals surface area (Å²) in [7, 11) is 1.51. The molecule has 1 aromatic rings. The fraction of sp³-hybridized carbons (Fsp3) is 0.500. The molecule has 0 saturated heterocycles. The molecule has 1 saturated carbocycles. The van der Waals surface area contributed by atoms with Crippen molar-refractivity contribution in [3.63, 3.8) is 0 Å². The molecule has 0 aliphatic heterocycles. The van der Waals surface area contributed by atoms with Crippen molar-refractivity contribution < 1.29 is 9.84 Å². The van der Waals surface area contributed by atoms with Crippen molar-refractivity contribution in [2.24, 2.45) is 11.0 Å². The van der Waals surface area contributed by atoms with Gasteiger partial charge in [0.25, 0.3) is 0 Å². The molecule has 2 atom stereocenters. The minimum absolute atomic E-state index is 0.0863. The van der Waals surface area contributed by atoms with Crippen LogP contribution in [0.4, 0.5) is 0 Å². The minimum atomic E-state index is 0.0863. The van der Waals surface area contributed by atoms with Gasteiger partial charge in [-0.05, 0) is 54.7 Å². The molecule has 1 aliphatic carbocycles. The van der Waals surface area contributed by atoms with E-state index in [-0.39, 0.29) is 5.75 Å². The maximum Gasteiger partial charge on any atom is 0.187 e. The van der Waals surface area contributed by atoms with E-state index in [9.17, 15) is 5.11 Å². The van der Waals surface area contributed by atoms with E-state index in [1.807, 2.05) is 6.07 Å². The molecule has 0 aromatic heterocycles. The monoisotopic (exact) mass is 321 g/mol. The fourth-order valence-corrected chi connectivity index (χ4v) is 2.89. The molecular formula is C16H23N3O2S. The summed E-state index contributed by atoms with van der Waals surface area (Å²) >= 11 is 5.26. The lowest BCUT2D eigenvalue weighted by Crippen LogP contribution is -2.44. The first-order chi connectivity index (χ1) is 10.6. The molecule has 22 heavy (non-hydrogen) atoms. The van der Waals surface area contributed by atoms with Gasteiger partial charge in [-0.2, -0.15) is 5.10 Å². The molecule has 2 rings (SSSR count). The van der Waals surface area contributed by atoms with Crippen LogP contribution in [-0.4, -0.2) is 29.6 Å². The van der Waals surface area contributed by atoms with Crippen LogP contribution < -0.4 is 15.5 Å². The Bertz CT molecular complexity index is 548. The Morgan fingerprint density at radius 2 is 2.18 bits per heavy atom. The summed E-state index contributed by atoms with van der Waals surface area (Å²) in [6.07, 6.45) is 6.56. The van der Waals surface area contributed by atoms with Crippen molar-refractivity contribution >= 4 is 23.5 Å². The van der Waals surface area contributed by atoms with Crippen LogP contribution in [0.3, 0.4) is 0 Å². The number of thiocarbonyl (C=S) groups is 1. The lowest BCUT2D eigenvalue weighted by Gasteiger charge is -2.30. The summed E-state index contributed by atoms with van der Waals surface area (Å²) in [5, 5.41) is 17.7. The lowest BCUT2D eigenvalue weighted by molar-refractivity contribution is 0.308. The van der Waals surface area contributed by atoms with Crippen molar-refractivity contribution in [2.75, 3.05) is 7.11 Å². The number of benzene rings is 1. The van der Waals surface area contributed by atoms with E-state index in [0.717, 1.165) is 12.0 Å². The molecule has 0 heterocycles. The Morgan fingerprint density at radius 3 is 2.86 bits per heavy atom. The molecule has 0 amide bonds. The van der Waals surface area contributed by atoms with Crippen molar-refractivity contribution in [1.29, 1.82) is 0 Å². The van der Waals surface area contributed by atoms with Crippen LogP contribution in [0.25, 0.3) is 0 Å². The summed E-state index contributed by atoms with van der Waals surface area (Å²) in [4.78, 5) is 0. The second kappa shape index (κ2) is 7.98. The number of hydrogen-bond donors (Lipinski definition) is 3. The van der Waals surface area contributed by atoms with Gasteiger partial charge < -0.3 is 15.2 Å². The predicted molar refractivity (Wildman–Crippen MR) is 92.5 cm³/mol. The standard InChI is InChI=1S/C16H23N3O2S/c1-11-5-3-4-6-13(11)18-16(22)19-17-10-12-7-8-15(21-2)14(20)9-12/h7-11,13,20H,3-6H2,1-2H3,(H2,18,19,22)/b17-10-/t11-,13+/m0/s1.